The molecule has 37 heavy (non-hydrogen) atoms. The highest BCUT2D eigenvalue weighted by molar-refractivity contribution is 7.99. The number of benzene rings is 2. The Morgan fingerprint density at radius 2 is 1.95 bits per heavy atom. The SMILES string of the molecule is Cn1ccc2cc(Sc3ccc(/C=C/C(=O)NCC4CCCN4C(=O)OC(C)(C)C)c(Cl)c3Cl)ccc21. The number of aryl methyl sites for hydroxylation is 1. The highest BCUT2D eigenvalue weighted by Gasteiger charge is 2.32. The molecule has 1 unspecified atom stereocenters. The van der Waals surface area contributed by atoms with E-state index in [0.29, 0.717) is 28.7 Å². The third kappa shape index (κ3) is 6.83. The summed E-state index contributed by atoms with van der Waals surface area (Å²) in [6, 6.07) is 12.0. The van der Waals surface area contributed by atoms with Gasteiger partial charge in [-0.05, 0) is 75.6 Å². The number of rotatable bonds is 6. The Bertz CT molecular complexity index is 1350. The molecule has 3 aromatic rings. The van der Waals surface area contributed by atoms with E-state index in [0.717, 1.165) is 33.5 Å². The monoisotopic (exact) mass is 559 g/mol. The van der Waals surface area contributed by atoms with Crippen molar-refractivity contribution in [2.75, 3.05) is 13.1 Å². The van der Waals surface area contributed by atoms with Crippen LogP contribution in [-0.4, -0.2) is 46.2 Å². The molecule has 2 amide bonds. The van der Waals surface area contributed by atoms with Gasteiger partial charge >= 0.3 is 6.09 Å². The zero-order valence-corrected chi connectivity index (χ0v) is 23.7. The van der Waals surface area contributed by atoms with E-state index in [4.69, 9.17) is 27.9 Å². The first kappa shape index (κ1) is 27.4. The quantitative estimate of drug-likeness (QED) is 0.325. The van der Waals surface area contributed by atoms with E-state index in [1.54, 1.807) is 22.7 Å². The van der Waals surface area contributed by atoms with Crippen LogP contribution in [0.3, 0.4) is 0 Å². The number of nitrogens with one attached hydrogen (secondary N) is 1. The van der Waals surface area contributed by atoms with Crippen molar-refractivity contribution in [3.63, 3.8) is 0 Å². The lowest BCUT2D eigenvalue weighted by atomic mass is 10.2. The number of halogens is 2. The van der Waals surface area contributed by atoms with Gasteiger partial charge in [-0.3, -0.25) is 4.79 Å². The van der Waals surface area contributed by atoms with Crippen LogP contribution in [0.4, 0.5) is 4.79 Å². The molecule has 0 bridgehead atoms. The summed E-state index contributed by atoms with van der Waals surface area (Å²) in [4.78, 5) is 28.5. The Hall–Kier alpha value is -2.61. The summed E-state index contributed by atoms with van der Waals surface area (Å²) in [5.41, 5.74) is 1.26. The molecule has 0 spiro atoms. The van der Waals surface area contributed by atoms with Crippen LogP contribution in [0.25, 0.3) is 17.0 Å². The Morgan fingerprint density at radius 1 is 1.16 bits per heavy atom. The first-order chi connectivity index (χ1) is 17.5. The number of hydrogen-bond acceptors (Lipinski definition) is 4. The van der Waals surface area contributed by atoms with Crippen LogP contribution in [0.1, 0.15) is 39.2 Å². The van der Waals surface area contributed by atoms with Gasteiger partial charge in [-0.2, -0.15) is 0 Å². The van der Waals surface area contributed by atoms with Crippen LogP contribution in [0.15, 0.2) is 58.5 Å². The maximum absolute atomic E-state index is 12.5. The first-order valence-corrected chi connectivity index (χ1v) is 13.8. The molecule has 0 aliphatic carbocycles. The minimum atomic E-state index is -0.555. The standard InChI is InChI=1S/C28H31Cl2N3O3S/c1-28(2,3)36-27(35)33-14-5-6-20(33)17-31-24(34)12-8-18-7-11-23(26(30)25(18)29)37-21-9-10-22-19(16-21)13-15-32(22)4/h7-13,15-16,20H,5-6,14,17H2,1-4H3,(H,31,34)/b12-8+. The Morgan fingerprint density at radius 3 is 2.70 bits per heavy atom. The number of carbonyl (C=O) groups excluding carboxylic acids is 2. The van der Waals surface area contributed by atoms with Gasteiger partial charge in [0.2, 0.25) is 5.91 Å². The molecule has 1 saturated heterocycles. The fraction of sp³-hybridized carbons (Fsp3) is 0.357. The van der Waals surface area contributed by atoms with E-state index in [2.05, 4.69) is 34.1 Å². The summed E-state index contributed by atoms with van der Waals surface area (Å²) >= 11 is 14.7. The molecule has 1 aromatic heterocycles. The highest BCUT2D eigenvalue weighted by atomic mass is 35.5. The van der Waals surface area contributed by atoms with Crippen molar-refractivity contribution >= 4 is 63.9 Å². The van der Waals surface area contributed by atoms with Crippen LogP contribution in [-0.2, 0) is 16.6 Å². The van der Waals surface area contributed by atoms with Crippen molar-refractivity contribution in [3.05, 3.63) is 64.3 Å². The Kier molecular flexibility index (Phi) is 8.46. The predicted octanol–water partition coefficient (Wildman–Crippen LogP) is 7.17. The lowest BCUT2D eigenvalue weighted by Gasteiger charge is -2.28. The second-order valence-corrected chi connectivity index (χ2v) is 11.9. The molecule has 4 rings (SSSR count). The van der Waals surface area contributed by atoms with Crippen molar-refractivity contribution in [1.29, 1.82) is 0 Å². The zero-order valence-electron chi connectivity index (χ0n) is 21.4. The smallest absolute Gasteiger partial charge is 0.410 e. The van der Waals surface area contributed by atoms with Crippen LogP contribution in [0.5, 0.6) is 0 Å². The van der Waals surface area contributed by atoms with Crippen LogP contribution in [0, 0.1) is 0 Å². The maximum atomic E-state index is 12.5. The first-order valence-electron chi connectivity index (χ1n) is 12.2. The molecule has 2 heterocycles. The molecule has 1 aliphatic rings. The van der Waals surface area contributed by atoms with Crippen molar-refractivity contribution < 1.29 is 14.3 Å². The van der Waals surface area contributed by atoms with E-state index in [1.807, 2.05) is 46.1 Å². The third-order valence-corrected chi connectivity index (χ3v) is 8.15. The van der Waals surface area contributed by atoms with E-state index in [9.17, 15) is 9.59 Å². The topological polar surface area (TPSA) is 63.6 Å². The van der Waals surface area contributed by atoms with Gasteiger partial charge in [-0.15, -0.1) is 0 Å². The number of amides is 2. The molecule has 1 atom stereocenters. The van der Waals surface area contributed by atoms with Crippen LogP contribution in [0.2, 0.25) is 10.0 Å². The molecule has 1 N–H and O–H groups in total. The minimum absolute atomic E-state index is 0.0864. The summed E-state index contributed by atoms with van der Waals surface area (Å²) in [6.07, 6.45) is 6.47. The molecule has 1 aliphatic heterocycles. The number of carbonyl (C=O) groups is 2. The summed E-state index contributed by atoms with van der Waals surface area (Å²) in [7, 11) is 2.02. The summed E-state index contributed by atoms with van der Waals surface area (Å²) in [6.45, 7) is 6.51. The van der Waals surface area contributed by atoms with Crippen molar-refractivity contribution in [1.82, 2.24) is 14.8 Å². The van der Waals surface area contributed by atoms with Gasteiger partial charge in [0, 0.05) is 53.1 Å². The van der Waals surface area contributed by atoms with Gasteiger partial charge in [-0.25, -0.2) is 4.79 Å². The largest absolute Gasteiger partial charge is 0.444 e. The normalized spacial score (nSPS) is 16.1. The fourth-order valence-corrected chi connectivity index (χ4v) is 5.73. The van der Waals surface area contributed by atoms with E-state index >= 15 is 0 Å². The average Bonchev–Trinajstić information content (AvgIpc) is 3.46. The average molecular weight is 561 g/mol. The number of nitrogens with zero attached hydrogens (tertiary/aromatic N) is 2. The molecule has 2 aromatic carbocycles. The Labute approximate surface area is 231 Å². The van der Waals surface area contributed by atoms with Gasteiger partial charge in [0.25, 0.3) is 0 Å². The van der Waals surface area contributed by atoms with Crippen LogP contribution >= 0.6 is 35.0 Å². The molecule has 1 fully saturated rings. The maximum Gasteiger partial charge on any atom is 0.410 e. The molecular weight excluding hydrogens is 529 g/mol. The number of hydrogen-bond donors (Lipinski definition) is 1. The van der Waals surface area contributed by atoms with Crippen molar-refractivity contribution in [3.8, 4) is 0 Å². The lowest BCUT2D eigenvalue weighted by Crippen LogP contribution is -2.44. The fourth-order valence-electron chi connectivity index (χ4n) is 4.26. The van der Waals surface area contributed by atoms with E-state index in [1.165, 1.54) is 6.08 Å². The molecule has 196 valence electrons. The van der Waals surface area contributed by atoms with Gasteiger partial charge in [-0.1, -0.05) is 41.0 Å². The van der Waals surface area contributed by atoms with Crippen molar-refractivity contribution in [2.45, 2.75) is 55.0 Å². The van der Waals surface area contributed by atoms with Gasteiger partial charge in [0.1, 0.15) is 5.60 Å². The summed E-state index contributed by atoms with van der Waals surface area (Å²) < 4.78 is 7.56. The van der Waals surface area contributed by atoms with Gasteiger partial charge in [0.15, 0.2) is 0 Å². The molecule has 9 heteroatoms. The van der Waals surface area contributed by atoms with Gasteiger partial charge in [0.05, 0.1) is 16.1 Å². The van der Waals surface area contributed by atoms with Crippen molar-refractivity contribution in [2.24, 2.45) is 7.05 Å². The predicted molar refractivity (Wildman–Crippen MR) is 152 cm³/mol. The minimum Gasteiger partial charge on any atom is -0.444 e. The third-order valence-electron chi connectivity index (χ3n) is 6.09. The number of fused-ring (bicyclic) bond motifs is 1. The highest BCUT2D eigenvalue weighted by Crippen LogP contribution is 2.40. The molecule has 0 radical (unpaired) electrons. The molecule has 6 nitrogen and oxygen atoms in total. The zero-order chi connectivity index (χ0) is 26.7. The Balaban J connectivity index is 1.36. The number of likely N-dealkylation sites (tertiary alicyclic amines) is 1. The molecule has 0 saturated carbocycles. The lowest BCUT2D eigenvalue weighted by molar-refractivity contribution is -0.116. The van der Waals surface area contributed by atoms with E-state index in [-0.39, 0.29) is 18.0 Å². The number of aromatic nitrogens is 1. The molecular formula is C28H31Cl2N3O3S. The second kappa shape index (κ2) is 11.4. The number of ether oxygens (including phenoxy) is 1. The second-order valence-electron chi connectivity index (χ2n) is 10.1. The van der Waals surface area contributed by atoms with Crippen LogP contribution < -0.4 is 5.32 Å². The van der Waals surface area contributed by atoms with Gasteiger partial charge < -0.3 is 19.5 Å². The van der Waals surface area contributed by atoms with E-state index < -0.39 is 5.60 Å². The summed E-state index contributed by atoms with van der Waals surface area (Å²) in [5.74, 6) is -0.266. The summed E-state index contributed by atoms with van der Waals surface area (Å²) in [5, 5.41) is 4.88.